The van der Waals surface area contributed by atoms with Crippen LogP contribution in [0, 0.1) is 0 Å². The van der Waals surface area contributed by atoms with Crippen molar-refractivity contribution < 1.29 is 19.1 Å². The number of hydrogen-bond donors (Lipinski definition) is 1. The Balaban J connectivity index is 1.43. The maximum absolute atomic E-state index is 12.7. The number of carbonyl (C=O) groups is 3. The largest absolute Gasteiger partial charge is 0.379 e. The Morgan fingerprint density at radius 3 is 2.33 bits per heavy atom. The number of fused-ring (bicyclic) bond motifs is 1. The number of anilines is 1. The molecular formula is C23H25N3O4. The van der Waals surface area contributed by atoms with E-state index in [2.05, 4.69) is 10.2 Å². The molecule has 1 N–H and O–H groups in total. The first-order valence-corrected chi connectivity index (χ1v) is 10.2. The number of nitrogens with zero attached hydrogens (tertiary/aromatic N) is 2. The fourth-order valence-corrected chi connectivity index (χ4v) is 3.78. The summed E-state index contributed by atoms with van der Waals surface area (Å²) in [7, 11) is 0. The van der Waals surface area contributed by atoms with Gasteiger partial charge >= 0.3 is 0 Å². The first-order valence-electron chi connectivity index (χ1n) is 10.2. The van der Waals surface area contributed by atoms with Crippen molar-refractivity contribution in [2.24, 2.45) is 0 Å². The Hall–Kier alpha value is -3.03. The van der Waals surface area contributed by atoms with Gasteiger partial charge in [-0.2, -0.15) is 0 Å². The van der Waals surface area contributed by atoms with Crippen LogP contribution in [-0.4, -0.2) is 59.9 Å². The summed E-state index contributed by atoms with van der Waals surface area (Å²) in [5.41, 5.74) is 2.82. The molecule has 0 saturated carbocycles. The van der Waals surface area contributed by atoms with Gasteiger partial charge in [-0.3, -0.25) is 24.2 Å². The Labute approximate surface area is 175 Å². The number of amides is 3. The topological polar surface area (TPSA) is 79.0 Å². The Morgan fingerprint density at radius 2 is 1.67 bits per heavy atom. The summed E-state index contributed by atoms with van der Waals surface area (Å²) in [6.07, 6.45) is 0. The summed E-state index contributed by atoms with van der Waals surface area (Å²) in [6, 6.07) is 12.1. The van der Waals surface area contributed by atoms with E-state index in [1.807, 2.05) is 24.3 Å². The van der Waals surface area contributed by atoms with Crippen molar-refractivity contribution in [2.45, 2.75) is 26.4 Å². The predicted octanol–water partition coefficient (Wildman–Crippen LogP) is 2.78. The van der Waals surface area contributed by atoms with Crippen LogP contribution in [0.4, 0.5) is 5.69 Å². The van der Waals surface area contributed by atoms with E-state index in [0.717, 1.165) is 32.8 Å². The lowest BCUT2D eigenvalue weighted by Crippen LogP contribution is -2.35. The van der Waals surface area contributed by atoms with Crippen molar-refractivity contribution in [3.63, 3.8) is 0 Å². The van der Waals surface area contributed by atoms with Crippen LogP contribution in [0.1, 0.15) is 50.5 Å². The number of benzene rings is 2. The maximum Gasteiger partial charge on any atom is 0.261 e. The molecule has 7 nitrogen and oxygen atoms in total. The van der Waals surface area contributed by atoms with E-state index in [9.17, 15) is 14.4 Å². The van der Waals surface area contributed by atoms with Gasteiger partial charge in [0.1, 0.15) is 0 Å². The molecule has 156 valence electrons. The van der Waals surface area contributed by atoms with Gasteiger partial charge in [0.05, 0.1) is 24.3 Å². The van der Waals surface area contributed by atoms with Crippen LogP contribution in [0.25, 0.3) is 0 Å². The molecule has 30 heavy (non-hydrogen) atoms. The molecule has 7 heteroatoms. The van der Waals surface area contributed by atoms with E-state index < -0.39 is 0 Å². The average Bonchev–Trinajstić information content (AvgIpc) is 3.00. The molecule has 1 fully saturated rings. The van der Waals surface area contributed by atoms with Gasteiger partial charge in [0.2, 0.25) is 0 Å². The molecule has 2 heterocycles. The van der Waals surface area contributed by atoms with Crippen molar-refractivity contribution in [1.29, 1.82) is 0 Å². The molecule has 2 aliphatic heterocycles. The summed E-state index contributed by atoms with van der Waals surface area (Å²) in [5.74, 6) is -0.984. The molecule has 2 aliphatic rings. The van der Waals surface area contributed by atoms with Crippen LogP contribution < -0.4 is 5.32 Å². The monoisotopic (exact) mass is 407 g/mol. The lowest BCUT2D eigenvalue weighted by Gasteiger charge is -2.26. The molecule has 2 aromatic carbocycles. The number of hydrogen-bond acceptors (Lipinski definition) is 5. The Kier molecular flexibility index (Phi) is 5.65. The smallest absolute Gasteiger partial charge is 0.261 e. The summed E-state index contributed by atoms with van der Waals surface area (Å²) < 4.78 is 5.37. The Bertz CT molecular complexity index is 978. The highest BCUT2D eigenvalue weighted by molar-refractivity contribution is 6.22. The van der Waals surface area contributed by atoms with E-state index in [4.69, 9.17) is 4.74 Å². The second kappa shape index (κ2) is 8.38. The van der Waals surface area contributed by atoms with Crippen LogP contribution in [-0.2, 0) is 11.3 Å². The van der Waals surface area contributed by atoms with Gasteiger partial charge in [0.15, 0.2) is 0 Å². The first-order chi connectivity index (χ1) is 14.4. The van der Waals surface area contributed by atoms with E-state index in [0.29, 0.717) is 16.8 Å². The lowest BCUT2D eigenvalue weighted by molar-refractivity contribution is 0.0342. The second-order valence-electron chi connectivity index (χ2n) is 7.87. The molecule has 0 spiro atoms. The molecule has 0 radical (unpaired) electrons. The molecule has 0 unspecified atom stereocenters. The zero-order chi connectivity index (χ0) is 21.3. The van der Waals surface area contributed by atoms with Gasteiger partial charge < -0.3 is 10.1 Å². The number of morpholine rings is 1. The van der Waals surface area contributed by atoms with Gasteiger partial charge in [-0.1, -0.05) is 12.1 Å². The Morgan fingerprint density at radius 1 is 1.00 bits per heavy atom. The lowest BCUT2D eigenvalue weighted by atomic mass is 10.1. The molecule has 0 bridgehead atoms. The number of nitrogens with one attached hydrogen (secondary N) is 1. The standard InChI is InChI=1S/C23H25N3O4/c1-15(2)26-22(28)19-8-5-17(13-20(19)23(26)29)21(27)24-18-6-3-16(4-7-18)14-25-9-11-30-12-10-25/h3-8,13,15H,9-12,14H2,1-2H3,(H,24,27). The van der Waals surface area contributed by atoms with Crippen LogP contribution in [0.5, 0.6) is 0 Å². The van der Waals surface area contributed by atoms with Crippen molar-refractivity contribution in [3.8, 4) is 0 Å². The predicted molar refractivity (Wildman–Crippen MR) is 113 cm³/mol. The highest BCUT2D eigenvalue weighted by Gasteiger charge is 2.37. The van der Waals surface area contributed by atoms with Gasteiger partial charge in [0, 0.05) is 36.9 Å². The minimum Gasteiger partial charge on any atom is -0.379 e. The third-order valence-electron chi connectivity index (χ3n) is 5.42. The van der Waals surface area contributed by atoms with Crippen LogP contribution in [0.3, 0.4) is 0 Å². The summed E-state index contributed by atoms with van der Waals surface area (Å²) in [4.78, 5) is 41.2. The van der Waals surface area contributed by atoms with E-state index in [1.54, 1.807) is 26.0 Å². The minimum absolute atomic E-state index is 0.231. The highest BCUT2D eigenvalue weighted by Crippen LogP contribution is 2.26. The number of carbonyl (C=O) groups excluding carboxylic acids is 3. The molecule has 3 amide bonds. The SMILES string of the molecule is CC(C)N1C(=O)c2ccc(C(=O)Nc3ccc(CN4CCOCC4)cc3)cc2C1=O. The number of rotatable bonds is 5. The molecule has 0 aliphatic carbocycles. The molecule has 0 aromatic heterocycles. The fraction of sp³-hybridized carbons (Fsp3) is 0.348. The van der Waals surface area contributed by atoms with Crippen molar-refractivity contribution in [3.05, 3.63) is 64.7 Å². The van der Waals surface area contributed by atoms with Crippen molar-refractivity contribution >= 4 is 23.4 Å². The van der Waals surface area contributed by atoms with Gasteiger partial charge in [0.25, 0.3) is 17.7 Å². The number of ether oxygens (including phenoxy) is 1. The molecule has 4 rings (SSSR count). The summed E-state index contributed by atoms with van der Waals surface area (Å²) in [5, 5.41) is 2.86. The van der Waals surface area contributed by atoms with Crippen molar-refractivity contribution in [2.75, 3.05) is 31.6 Å². The highest BCUT2D eigenvalue weighted by atomic mass is 16.5. The van der Waals surface area contributed by atoms with E-state index in [-0.39, 0.29) is 29.3 Å². The maximum atomic E-state index is 12.7. The van der Waals surface area contributed by atoms with E-state index >= 15 is 0 Å². The van der Waals surface area contributed by atoms with Gasteiger partial charge in [-0.25, -0.2) is 0 Å². The van der Waals surface area contributed by atoms with Crippen LogP contribution in [0.15, 0.2) is 42.5 Å². The van der Waals surface area contributed by atoms with Crippen LogP contribution in [0.2, 0.25) is 0 Å². The fourth-order valence-electron chi connectivity index (χ4n) is 3.78. The van der Waals surface area contributed by atoms with Crippen LogP contribution >= 0.6 is 0 Å². The van der Waals surface area contributed by atoms with Gasteiger partial charge in [-0.15, -0.1) is 0 Å². The summed E-state index contributed by atoms with van der Waals surface area (Å²) in [6.45, 7) is 7.80. The van der Waals surface area contributed by atoms with E-state index in [1.165, 1.54) is 16.5 Å². The minimum atomic E-state index is -0.355. The summed E-state index contributed by atoms with van der Waals surface area (Å²) >= 11 is 0. The normalized spacial score (nSPS) is 16.8. The average molecular weight is 407 g/mol. The second-order valence-corrected chi connectivity index (χ2v) is 7.87. The molecule has 2 aromatic rings. The third kappa shape index (κ3) is 3.99. The first kappa shape index (κ1) is 20.3. The zero-order valence-electron chi connectivity index (χ0n) is 17.2. The van der Waals surface area contributed by atoms with Crippen molar-refractivity contribution in [1.82, 2.24) is 9.80 Å². The molecular weight excluding hydrogens is 382 g/mol. The zero-order valence-corrected chi connectivity index (χ0v) is 17.2. The quantitative estimate of drug-likeness (QED) is 0.771. The molecule has 1 saturated heterocycles. The molecule has 0 atom stereocenters. The third-order valence-corrected chi connectivity index (χ3v) is 5.42. The number of imide groups is 1. The van der Waals surface area contributed by atoms with Gasteiger partial charge in [-0.05, 0) is 49.7 Å².